The standard InChI is InChI=1S/C6H12N2/c1-8-3-5-2-7-6(5)4-8/h5-7H,2-4H2,1H3/t5-,6+/m1/s1. The highest BCUT2D eigenvalue weighted by Gasteiger charge is 2.36. The summed E-state index contributed by atoms with van der Waals surface area (Å²) in [5.74, 6) is 0.986. The monoisotopic (exact) mass is 112 g/mol. The number of hydrogen-bond acceptors (Lipinski definition) is 2. The summed E-state index contributed by atoms with van der Waals surface area (Å²) in [7, 11) is 2.19. The quantitative estimate of drug-likeness (QED) is 0.455. The van der Waals surface area contributed by atoms with Crippen molar-refractivity contribution in [1.82, 2.24) is 10.2 Å². The first-order valence-corrected chi connectivity index (χ1v) is 3.28. The van der Waals surface area contributed by atoms with Gasteiger partial charge in [-0.25, -0.2) is 0 Å². The van der Waals surface area contributed by atoms with Crippen LogP contribution in [-0.2, 0) is 0 Å². The first kappa shape index (κ1) is 4.77. The minimum absolute atomic E-state index is 0.847. The fraction of sp³-hybridized carbons (Fsp3) is 1.00. The zero-order valence-electron chi connectivity index (χ0n) is 5.22. The molecule has 0 aromatic heterocycles. The molecule has 2 heteroatoms. The van der Waals surface area contributed by atoms with E-state index in [2.05, 4.69) is 17.3 Å². The first-order valence-electron chi connectivity index (χ1n) is 3.28. The molecule has 0 aliphatic carbocycles. The highest BCUT2D eigenvalue weighted by Crippen LogP contribution is 2.21. The van der Waals surface area contributed by atoms with Crippen LogP contribution < -0.4 is 5.32 Å². The highest BCUT2D eigenvalue weighted by atomic mass is 15.2. The number of nitrogens with zero attached hydrogens (tertiary/aromatic N) is 1. The zero-order valence-corrected chi connectivity index (χ0v) is 5.22. The Morgan fingerprint density at radius 1 is 1.50 bits per heavy atom. The normalized spacial score (nSPS) is 46.1. The van der Waals surface area contributed by atoms with Crippen molar-refractivity contribution in [2.75, 3.05) is 26.7 Å². The topological polar surface area (TPSA) is 15.3 Å². The predicted molar refractivity (Wildman–Crippen MR) is 32.8 cm³/mol. The SMILES string of the molecule is CN1C[C@H]2CN[C@H]2C1. The Balaban J connectivity index is 2.00. The van der Waals surface area contributed by atoms with Gasteiger partial charge in [-0.05, 0) is 7.05 Å². The van der Waals surface area contributed by atoms with Crippen LogP contribution in [0.5, 0.6) is 0 Å². The average molecular weight is 112 g/mol. The molecule has 2 saturated heterocycles. The van der Waals surface area contributed by atoms with Crippen molar-refractivity contribution in [1.29, 1.82) is 0 Å². The van der Waals surface area contributed by atoms with Crippen molar-refractivity contribution in [3.63, 3.8) is 0 Å². The first-order chi connectivity index (χ1) is 3.86. The van der Waals surface area contributed by atoms with Gasteiger partial charge in [0.15, 0.2) is 0 Å². The van der Waals surface area contributed by atoms with Crippen LogP contribution in [0.15, 0.2) is 0 Å². The lowest BCUT2D eigenvalue weighted by Crippen LogP contribution is -2.51. The second kappa shape index (κ2) is 1.45. The molecule has 2 rings (SSSR count). The minimum Gasteiger partial charge on any atom is -0.312 e. The van der Waals surface area contributed by atoms with E-state index in [-0.39, 0.29) is 0 Å². The Kier molecular flexibility index (Phi) is 0.866. The third kappa shape index (κ3) is 0.501. The minimum atomic E-state index is 0.847. The third-order valence-corrected chi connectivity index (χ3v) is 2.27. The van der Waals surface area contributed by atoms with Crippen LogP contribution in [-0.4, -0.2) is 37.6 Å². The van der Waals surface area contributed by atoms with Gasteiger partial charge in [0.2, 0.25) is 0 Å². The van der Waals surface area contributed by atoms with E-state index >= 15 is 0 Å². The van der Waals surface area contributed by atoms with E-state index in [1.165, 1.54) is 19.6 Å². The average Bonchev–Trinajstić information content (AvgIpc) is 1.91. The summed E-state index contributed by atoms with van der Waals surface area (Å²) >= 11 is 0. The molecule has 2 nitrogen and oxygen atoms in total. The molecule has 2 heterocycles. The Hall–Kier alpha value is -0.0800. The van der Waals surface area contributed by atoms with E-state index < -0.39 is 0 Å². The number of rotatable bonds is 0. The molecule has 2 atom stereocenters. The molecular weight excluding hydrogens is 100 g/mol. The van der Waals surface area contributed by atoms with Crippen molar-refractivity contribution in [2.24, 2.45) is 5.92 Å². The number of likely N-dealkylation sites (N-methyl/N-ethyl adjacent to an activating group) is 1. The number of likely N-dealkylation sites (tertiary alicyclic amines) is 1. The van der Waals surface area contributed by atoms with Crippen LogP contribution in [0.25, 0.3) is 0 Å². The summed E-state index contributed by atoms with van der Waals surface area (Å²) in [6, 6.07) is 0.847. The molecule has 0 unspecified atom stereocenters. The number of fused-ring (bicyclic) bond motifs is 1. The van der Waals surface area contributed by atoms with Gasteiger partial charge in [0.25, 0.3) is 0 Å². The summed E-state index contributed by atoms with van der Waals surface area (Å²) in [5, 5.41) is 3.40. The van der Waals surface area contributed by atoms with Crippen molar-refractivity contribution in [2.45, 2.75) is 6.04 Å². The van der Waals surface area contributed by atoms with Gasteiger partial charge in [-0.1, -0.05) is 0 Å². The third-order valence-electron chi connectivity index (χ3n) is 2.27. The molecule has 0 saturated carbocycles. The summed E-state index contributed by atoms with van der Waals surface area (Å²) in [6.45, 7) is 3.84. The Bertz CT molecular complexity index is 90.7. The fourth-order valence-electron chi connectivity index (χ4n) is 1.67. The Morgan fingerprint density at radius 3 is 2.62 bits per heavy atom. The van der Waals surface area contributed by atoms with Crippen LogP contribution in [0, 0.1) is 5.92 Å². The van der Waals surface area contributed by atoms with Crippen molar-refractivity contribution < 1.29 is 0 Å². The molecule has 0 radical (unpaired) electrons. The van der Waals surface area contributed by atoms with Gasteiger partial charge in [-0.2, -0.15) is 0 Å². The van der Waals surface area contributed by atoms with E-state index in [1.807, 2.05) is 0 Å². The molecule has 2 aliphatic rings. The molecule has 2 aliphatic heterocycles. The lowest BCUT2D eigenvalue weighted by molar-refractivity contribution is 0.297. The molecule has 46 valence electrons. The van der Waals surface area contributed by atoms with E-state index in [9.17, 15) is 0 Å². The van der Waals surface area contributed by atoms with Crippen molar-refractivity contribution >= 4 is 0 Å². The van der Waals surface area contributed by atoms with Crippen LogP contribution in [0.4, 0.5) is 0 Å². The molecule has 0 aromatic rings. The molecule has 1 N–H and O–H groups in total. The van der Waals surface area contributed by atoms with E-state index in [4.69, 9.17) is 0 Å². The van der Waals surface area contributed by atoms with Gasteiger partial charge < -0.3 is 10.2 Å². The van der Waals surface area contributed by atoms with Crippen LogP contribution >= 0.6 is 0 Å². The van der Waals surface area contributed by atoms with E-state index in [0.717, 1.165) is 12.0 Å². The van der Waals surface area contributed by atoms with Gasteiger partial charge in [-0.3, -0.25) is 0 Å². The fourth-order valence-corrected chi connectivity index (χ4v) is 1.67. The maximum Gasteiger partial charge on any atom is 0.0247 e. The molecule has 2 fully saturated rings. The largest absolute Gasteiger partial charge is 0.312 e. The predicted octanol–water partition coefficient (Wildman–Crippen LogP) is -0.480. The number of hydrogen-bond donors (Lipinski definition) is 1. The maximum atomic E-state index is 3.40. The van der Waals surface area contributed by atoms with E-state index in [1.54, 1.807) is 0 Å². The molecule has 0 aromatic carbocycles. The molecule has 8 heavy (non-hydrogen) atoms. The van der Waals surface area contributed by atoms with Crippen molar-refractivity contribution in [3.8, 4) is 0 Å². The van der Waals surface area contributed by atoms with Gasteiger partial charge in [-0.15, -0.1) is 0 Å². The molecule has 0 spiro atoms. The Labute approximate surface area is 49.9 Å². The van der Waals surface area contributed by atoms with Crippen LogP contribution in [0.1, 0.15) is 0 Å². The maximum absolute atomic E-state index is 3.40. The van der Waals surface area contributed by atoms with Gasteiger partial charge in [0, 0.05) is 31.6 Å². The van der Waals surface area contributed by atoms with Gasteiger partial charge >= 0.3 is 0 Å². The lowest BCUT2D eigenvalue weighted by Gasteiger charge is -2.30. The van der Waals surface area contributed by atoms with E-state index in [0.29, 0.717) is 0 Å². The smallest absolute Gasteiger partial charge is 0.0247 e. The second-order valence-corrected chi connectivity index (χ2v) is 3.00. The van der Waals surface area contributed by atoms with Gasteiger partial charge in [0.1, 0.15) is 0 Å². The van der Waals surface area contributed by atoms with Gasteiger partial charge in [0.05, 0.1) is 0 Å². The summed E-state index contributed by atoms with van der Waals surface area (Å²) < 4.78 is 0. The number of nitrogens with one attached hydrogen (secondary N) is 1. The van der Waals surface area contributed by atoms with Crippen LogP contribution in [0.2, 0.25) is 0 Å². The molecule has 0 bridgehead atoms. The zero-order chi connectivity index (χ0) is 5.56. The second-order valence-electron chi connectivity index (χ2n) is 3.00. The highest BCUT2D eigenvalue weighted by molar-refractivity contribution is 4.96. The summed E-state index contributed by atoms with van der Waals surface area (Å²) in [4.78, 5) is 2.40. The van der Waals surface area contributed by atoms with Crippen LogP contribution in [0.3, 0.4) is 0 Å². The Morgan fingerprint density at radius 2 is 2.38 bits per heavy atom. The molecule has 0 amide bonds. The summed E-state index contributed by atoms with van der Waals surface area (Å²) in [5.41, 5.74) is 0. The lowest BCUT2D eigenvalue weighted by atomic mass is 9.96. The molecular formula is C6H12N2. The summed E-state index contributed by atoms with van der Waals surface area (Å²) in [6.07, 6.45) is 0. The van der Waals surface area contributed by atoms with Crippen molar-refractivity contribution in [3.05, 3.63) is 0 Å².